The fraction of sp³-hybridized carbons (Fsp3) is 0.357. The highest BCUT2D eigenvalue weighted by Crippen LogP contribution is 2.46. The number of thiophene rings is 1. The predicted molar refractivity (Wildman–Crippen MR) is 138 cm³/mol. The van der Waals surface area contributed by atoms with Gasteiger partial charge in [-0.15, -0.1) is 11.3 Å². The zero-order chi connectivity index (χ0) is 24.7. The van der Waals surface area contributed by atoms with Crippen LogP contribution < -0.4 is 20.1 Å². The van der Waals surface area contributed by atoms with Crippen LogP contribution in [0.2, 0.25) is 0 Å². The Morgan fingerprint density at radius 2 is 1.83 bits per heavy atom. The van der Waals surface area contributed by atoms with Crippen LogP contribution in [0.3, 0.4) is 0 Å². The monoisotopic (exact) mass is 490 g/mol. The highest BCUT2D eigenvalue weighted by molar-refractivity contribution is 7.16. The first-order chi connectivity index (χ1) is 16.7. The van der Waals surface area contributed by atoms with E-state index in [0.29, 0.717) is 23.0 Å². The van der Waals surface area contributed by atoms with E-state index in [2.05, 4.69) is 31.4 Å². The Morgan fingerprint density at radius 3 is 2.54 bits per heavy atom. The van der Waals surface area contributed by atoms with Crippen LogP contribution in [-0.2, 0) is 12.8 Å². The topological polar surface area (TPSA) is 76.7 Å². The lowest BCUT2D eigenvalue weighted by atomic mass is 9.72. The maximum atomic E-state index is 13.2. The van der Waals surface area contributed by atoms with Crippen molar-refractivity contribution in [2.75, 3.05) is 12.4 Å². The van der Waals surface area contributed by atoms with Crippen LogP contribution in [0.1, 0.15) is 70.1 Å². The van der Waals surface area contributed by atoms with Crippen molar-refractivity contribution in [1.29, 1.82) is 0 Å². The number of hydrogen-bond donors (Lipinski definition) is 2. The molecule has 0 fully saturated rings. The second kappa shape index (κ2) is 9.04. The molecule has 2 N–H and O–H groups in total. The molecule has 0 spiro atoms. The molecule has 0 saturated carbocycles. The normalized spacial score (nSPS) is 19.1. The summed E-state index contributed by atoms with van der Waals surface area (Å²) in [7, 11) is 1.53. The molecule has 0 unspecified atom stereocenters. The minimum atomic E-state index is -0.455. The van der Waals surface area contributed by atoms with E-state index in [1.54, 1.807) is 47.7 Å². The number of methoxy groups -OCH3 is 1. The zero-order valence-corrected chi connectivity index (χ0v) is 21.3. The lowest BCUT2D eigenvalue weighted by molar-refractivity contribution is 0.0729. The van der Waals surface area contributed by atoms with Crippen LogP contribution in [0.25, 0.3) is 0 Å². The standard InChI is InChI=1S/C28H30N2O4S/c1-28(2,3)18-11-12-19-22(15-18)35-26-23(19)25(31)29-24(30-26)17-10-13-20(21(14-17)33-4)34-27(32)16-8-6-5-7-9-16/h5-10,13-14,18,24,30H,11-12,15H2,1-4H3,(H,29,31)/t18-,24-/m0/s1. The quantitative estimate of drug-likeness (QED) is 0.347. The number of ether oxygens (including phenoxy) is 2. The first-order valence-electron chi connectivity index (χ1n) is 11.9. The molecule has 1 aliphatic carbocycles. The van der Waals surface area contributed by atoms with Crippen LogP contribution in [0, 0.1) is 11.3 Å². The summed E-state index contributed by atoms with van der Waals surface area (Å²) in [5.74, 6) is 0.862. The Morgan fingerprint density at radius 1 is 1.06 bits per heavy atom. The Hall–Kier alpha value is -3.32. The van der Waals surface area contributed by atoms with Crippen molar-refractivity contribution in [3.8, 4) is 11.5 Å². The molecule has 1 aliphatic heterocycles. The van der Waals surface area contributed by atoms with Gasteiger partial charge in [-0.1, -0.05) is 45.0 Å². The molecule has 3 aromatic rings. The fourth-order valence-corrected chi connectivity index (χ4v) is 6.24. The molecule has 0 saturated heterocycles. The van der Waals surface area contributed by atoms with E-state index in [9.17, 15) is 9.59 Å². The molecule has 2 aliphatic rings. The van der Waals surface area contributed by atoms with E-state index in [1.165, 1.54) is 17.6 Å². The number of hydrogen-bond acceptors (Lipinski definition) is 6. The molecule has 182 valence electrons. The number of anilines is 1. The third kappa shape index (κ3) is 4.52. The molecule has 5 rings (SSSR count). The molecular formula is C28H30N2O4S. The number of benzene rings is 2. The molecule has 2 heterocycles. The van der Waals surface area contributed by atoms with Gasteiger partial charge in [0.25, 0.3) is 5.91 Å². The number of nitrogens with one attached hydrogen (secondary N) is 2. The summed E-state index contributed by atoms with van der Waals surface area (Å²) in [6.45, 7) is 6.89. The molecule has 1 aromatic heterocycles. The summed E-state index contributed by atoms with van der Waals surface area (Å²) >= 11 is 1.71. The molecule has 2 atom stereocenters. The molecule has 7 heteroatoms. The zero-order valence-electron chi connectivity index (χ0n) is 20.4. The third-order valence-corrected chi connectivity index (χ3v) is 8.19. The van der Waals surface area contributed by atoms with Crippen molar-refractivity contribution in [3.63, 3.8) is 0 Å². The van der Waals surface area contributed by atoms with Crippen molar-refractivity contribution < 1.29 is 19.1 Å². The maximum Gasteiger partial charge on any atom is 0.343 e. The smallest absolute Gasteiger partial charge is 0.343 e. The van der Waals surface area contributed by atoms with Crippen LogP contribution in [0.5, 0.6) is 11.5 Å². The van der Waals surface area contributed by atoms with E-state index >= 15 is 0 Å². The van der Waals surface area contributed by atoms with Crippen molar-refractivity contribution >= 4 is 28.2 Å². The Bertz CT molecular complexity index is 1280. The van der Waals surface area contributed by atoms with E-state index in [-0.39, 0.29) is 11.3 Å². The lowest BCUT2D eigenvalue weighted by Crippen LogP contribution is -2.38. The SMILES string of the molecule is COc1cc([C@H]2NC(=O)c3c(sc4c3CC[C@H](C(C)(C)C)C4)N2)ccc1OC(=O)c1ccccc1. The fourth-order valence-electron chi connectivity index (χ4n) is 4.89. The van der Waals surface area contributed by atoms with Crippen LogP contribution >= 0.6 is 11.3 Å². The van der Waals surface area contributed by atoms with E-state index in [0.717, 1.165) is 35.4 Å². The van der Waals surface area contributed by atoms with Crippen LogP contribution in [-0.4, -0.2) is 19.0 Å². The van der Waals surface area contributed by atoms with Gasteiger partial charge in [0.2, 0.25) is 0 Å². The van der Waals surface area contributed by atoms with Crippen LogP contribution in [0.4, 0.5) is 5.00 Å². The molecule has 0 bridgehead atoms. The summed E-state index contributed by atoms with van der Waals surface area (Å²) < 4.78 is 11.1. The summed E-state index contributed by atoms with van der Waals surface area (Å²) in [5, 5.41) is 7.54. The van der Waals surface area contributed by atoms with E-state index in [1.807, 2.05) is 12.1 Å². The molecule has 0 radical (unpaired) electrons. The van der Waals surface area contributed by atoms with Crippen molar-refractivity contribution in [2.24, 2.45) is 11.3 Å². The Balaban J connectivity index is 1.37. The van der Waals surface area contributed by atoms with Gasteiger partial charge in [-0.25, -0.2) is 4.79 Å². The first-order valence-corrected chi connectivity index (χ1v) is 12.7. The Kier molecular flexibility index (Phi) is 6.05. The van der Waals surface area contributed by atoms with Gasteiger partial charge in [-0.3, -0.25) is 4.79 Å². The second-order valence-corrected chi connectivity index (χ2v) is 11.3. The van der Waals surface area contributed by atoms with E-state index < -0.39 is 12.1 Å². The van der Waals surface area contributed by atoms with Gasteiger partial charge in [0.15, 0.2) is 11.5 Å². The van der Waals surface area contributed by atoms with Gasteiger partial charge >= 0.3 is 5.97 Å². The number of carbonyl (C=O) groups is 2. The number of fused-ring (bicyclic) bond motifs is 3. The Labute approximate surface area is 209 Å². The van der Waals surface area contributed by atoms with Crippen LogP contribution in [0.15, 0.2) is 48.5 Å². The van der Waals surface area contributed by atoms with Gasteiger partial charge in [-0.05, 0) is 66.0 Å². The molecule has 2 aromatic carbocycles. The van der Waals surface area contributed by atoms with E-state index in [4.69, 9.17) is 9.47 Å². The average Bonchev–Trinajstić information content (AvgIpc) is 3.22. The summed E-state index contributed by atoms with van der Waals surface area (Å²) in [6.07, 6.45) is 2.67. The van der Waals surface area contributed by atoms with Crippen molar-refractivity contribution in [3.05, 3.63) is 75.7 Å². The molecule has 35 heavy (non-hydrogen) atoms. The van der Waals surface area contributed by atoms with Crippen molar-refractivity contribution in [1.82, 2.24) is 5.32 Å². The number of amides is 1. The van der Waals surface area contributed by atoms with Gasteiger partial charge < -0.3 is 20.1 Å². The molecular weight excluding hydrogens is 460 g/mol. The summed E-state index contributed by atoms with van der Waals surface area (Å²) in [5.41, 5.74) is 3.54. The lowest BCUT2D eigenvalue weighted by Gasteiger charge is -2.34. The number of carbonyl (C=O) groups excluding carboxylic acids is 2. The first kappa shape index (κ1) is 23.4. The number of rotatable bonds is 4. The van der Waals surface area contributed by atoms with Gasteiger partial charge in [-0.2, -0.15) is 0 Å². The maximum absolute atomic E-state index is 13.2. The van der Waals surface area contributed by atoms with Crippen molar-refractivity contribution in [2.45, 2.75) is 46.2 Å². The number of esters is 1. The van der Waals surface area contributed by atoms with Gasteiger partial charge in [0.05, 0.1) is 18.2 Å². The second-order valence-electron chi connectivity index (χ2n) is 10.2. The highest BCUT2D eigenvalue weighted by Gasteiger charge is 2.36. The minimum Gasteiger partial charge on any atom is -0.493 e. The molecule has 1 amide bonds. The van der Waals surface area contributed by atoms with Gasteiger partial charge in [0.1, 0.15) is 11.2 Å². The average molecular weight is 491 g/mol. The minimum absolute atomic E-state index is 0.0472. The molecule has 6 nitrogen and oxygen atoms in total. The highest BCUT2D eigenvalue weighted by atomic mass is 32.1. The summed E-state index contributed by atoms with van der Waals surface area (Å²) in [6, 6.07) is 14.1. The largest absolute Gasteiger partial charge is 0.493 e. The third-order valence-electron chi connectivity index (χ3n) is 7.00. The summed E-state index contributed by atoms with van der Waals surface area (Å²) in [4.78, 5) is 27.0. The predicted octanol–water partition coefficient (Wildman–Crippen LogP) is 5.98. The van der Waals surface area contributed by atoms with Gasteiger partial charge in [0, 0.05) is 4.88 Å².